The SMILES string of the molecule is CC(=O)NCC1CN(c2ccc(F)c(N3CCOCC3)c2)C(=O)O1. The van der Waals surface area contributed by atoms with Crippen molar-refractivity contribution < 1.29 is 23.5 Å². The molecule has 0 bridgehead atoms. The molecule has 2 aliphatic rings. The molecule has 2 amide bonds. The minimum absolute atomic E-state index is 0.180. The molecule has 7 nitrogen and oxygen atoms in total. The maximum absolute atomic E-state index is 14.2. The summed E-state index contributed by atoms with van der Waals surface area (Å²) < 4.78 is 24.7. The molecule has 1 atom stereocenters. The third kappa shape index (κ3) is 3.59. The quantitative estimate of drug-likeness (QED) is 0.892. The fourth-order valence-electron chi connectivity index (χ4n) is 2.81. The van der Waals surface area contributed by atoms with Crippen molar-refractivity contribution in [1.82, 2.24) is 5.32 Å². The van der Waals surface area contributed by atoms with Crippen molar-refractivity contribution in [3.63, 3.8) is 0 Å². The van der Waals surface area contributed by atoms with Crippen LogP contribution in [-0.2, 0) is 14.3 Å². The molecule has 24 heavy (non-hydrogen) atoms. The highest BCUT2D eigenvalue weighted by molar-refractivity contribution is 5.90. The van der Waals surface area contributed by atoms with Gasteiger partial charge in [-0.3, -0.25) is 9.69 Å². The molecule has 1 N–H and O–H groups in total. The minimum Gasteiger partial charge on any atom is -0.442 e. The van der Waals surface area contributed by atoms with Gasteiger partial charge < -0.3 is 19.7 Å². The maximum atomic E-state index is 14.2. The molecule has 3 rings (SSSR count). The van der Waals surface area contributed by atoms with Crippen LogP contribution in [0, 0.1) is 5.82 Å². The Morgan fingerprint density at radius 1 is 1.38 bits per heavy atom. The average molecular weight is 337 g/mol. The number of halogens is 1. The van der Waals surface area contributed by atoms with E-state index in [0.717, 1.165) is 0 Å². The van der Waals surface area contributed by atoms with Crippen LogP contribution in [0.3, 0.4) is 0 Å². The second-order valence-corrected chi connectivity index (χ2v) is 5.79. The number of amides is 2. The second kappa shape index (κ2) is 7.04. The molecule has 0 aliphatic carbocycles. The molecule has 1 unspecified atom stereocenters. The molecule has 8 heteroatoms. The lowest BCUT2D eigenvalue weighted by Crippen LogP contribution is -2.37. The van der Waals surface area contributed by atoms with Gasteiger partial charge in [0, 0.05) is 25.7 Å². The molecule has 2 heterocycles. The van der Waals surface area contributed by atoms with E-state index in [2.05, 4.69) is 5.32 Å². The highest BCUT2D eigenvalue weighted by Crippen LogP contribution is 2.29. The summed E-state index contributed by atoms with van der Waals surface area (Å²) >= 11 is 0. The zero-order chi connectivity index (χ0) is 17.1. The van der Waals surface area contributed by atoms with Crippen molar-refractivity contribution in [3.8, 4) is 0 Å². The second-order valence-electron chi connectivity index (χ2n) is 5.79. The van der Waals surface area contributed by atoms with Crippen LogP contribution in [0.15, 0.2) is 18.2 Å². The number of hydrogen-bond acceptors (Lipinski definition) is 5. The van der Waals surface area contributed by atoms with E-state index in [1.807, 2.05) is 4.90 Å². The number of carbonyl (C=O) groups excluding carboxylic acids is 2. The van der Waals surface area contributed by atoms with Crippen molar-refractivity contribution in [2.75, 3.05) is 49.2 Å². The van der Waals surface area contributed by atoms with Crippen molar-refractivity contribution in [2.45, 2.75) is 13.0 Å². The largest absolute Gasteiger partial charge is 0.442 e. The lowest BCUT2D eigenvalue weighted by Gasteiger charge is -2.29. The van der Waals surface area contributed by atoms with E-state index in [-0.39, 0.29) is 18.3 Å². The Kier molecular flexibility index (Phi) is 4.84. The van der Waals surface area contributed by atoms with Gasteiger partial charge in [0.1, 0.15) is 11.9 Å². The van der Waals surface area contributed by atoms with Crippen LogP contribution in [0.1, 0.15) is 6.92 Å². The molecule has 0 aromatic heterocycles. The molecule has 2 saturated heterocycles. The smallest absolute Gasteiger partial charge is 0.414 e. The number of morpholine rings is 1. The van der Waals surface area contributed by atoms with Crippen LogP contribution in [0.5, 0.6) is 0 Å². The van der Waals surface area contributed by atoms with Gasteiger partial charge >= 0.3 is 6.09 Å². The molecule has 0 radical (unpaired) electrons. The van der Waals surface area contributed by atoms with E-state index >= 15 is 0 Å². The number of anilines is 2. The third-order valence-electron chi connectivity index (χ3n) is 4.05. The molecule has 130 valence electrons. The van der Waals surface area contributed by atoms with Gasteiger partial charge in [0.05, 0.1) is 32.0 Å². The van der Waals surface area contributed by atoms with E-state index < -0.39 is 12.2 Å². The maximum Gasteiger partial charge on any atom is 0.414 e. The van der Waals surface area contributed by atoms with Crippen LogP contribution >= 0.6 is 0 Å². The summed E-state index contributed by atoms with van der Waals surface area (Å²) in [6.07, 6.45) is -0.914. The number of nitrogens with one attached hydrogen (secondary N) is 1. The van der Waals surface area contributed by atoms with Gasteiger partial charge in [0.15, 0.2) is 0 Å². The van der Waals surface area contributed by atoms with E-state index in [0.29, 0.717) is 44.2 Å². The summed E-state index contributed by atoms with van der Waals surface area (Å²) in [5.41, 5.74) is 1.03. The molecule has 2 aliphatic heterocycles. The predicted octanol–water partition coefficient (Wildman–Crippen LogP) is 1.12. The Bertz CT molecular complexity index is 634. The van der Waals surface area contributed by atoms with Gasteiger partial charge in [-0.05, 0) is 18.2 Å². The fraction of sp³-hybridized carbons (Fsp3) is 0.500. The highest BCUT2D eigenvalue weighted by atomic mass is 19.1. The number of carbonyl (C=O) groups is 2. The Morgan fingerprint density at radius 2 is 2.12 bits per heavy atom. The van der Waals surface area contributed by atoms with Crippen LogP contribution in [0.25, 0.3) is 0 Å². The van der Waals surface area contributed by atoms with Crippen LogP contribution in [-0.4, -0.2) is 57.5 Å². The van der Waals surface area contributed by atoms with Gasteiger partial charge in [-0.25, -0.2) is 9.18 Å². The Morgan fingerprint density at radius 3 is 2.83 bits per heavy atom. The summed E-state index contributed by atoms with van der Waals surface area (Å²) in [4.78, 5) is 26.4. The summed E-state index contributed by atoms with van der Waals surface area (Å²) in [6, 6.07) is 4.57. The zero-order valence-corrected chi connectivity index (χ0v) is 13.5. The van der Waals surface area contributed by atoms with Crippen molar-refractivity contribution >= 4 is 23.4 Å². The Hall–Kier alpha value is -2.35. The molecular formula is C16H20FN3O4. The highest BCUT2D eigenvalue weighted by Gasteiger charge is 2.33. The standard InChI is InChI=1S/C16H20FN3O4/c1-11(21)18-9-13-10-20(16(22)24-13)12-2-3-14(17)15(8-12)19-4-6-23-7-5-19/h2-3,8,13H,4-7,9-10H2,1H3,(H,18,21). The molecular weight excluding hydrogens is 317 g/mol. The first-order valence-corrected chi connectivity index (χ1v) is 7.89. The van der Waals surface area contributed by atoms with Crippen LogP contribution in [0.2, 0.25) is 0 Å². The summed E-state index contributed by atoms with van der Waals surface area (Å²) in [7, 11) is 0. The summed E-state index contributed by atoms with van der Waals surface area (Å²) in [6.45, 7) is 4.29. The molecule has 0 spiro atoms. The first-order valence-electron chi connectivity index (χ1n) is 7.89. The number of nitrogens with zero attached hydrogens (tertiary/aromatic N) is 2. The minimum atomic E-state index is -0.495. The first kappa shape index (κ1) is 16.5. The summed E-state index contributed by atoms with van der Waals surface area (Å²) in [5, 5.41) is 2.63. The number of cyclic esters (lactones) is 1. The first-order chi connectivity index (χ1) is 11.5. The number of benzene rings is 1. The fourth-order valence-corrected chi connectivity index (χ4v) is 2.81. The van der Waals surface area contributed by atoms with E-state index in [1.54, 1.807) is 12.1 Å². The van der Waals surface area contributed by atoms with Crippen LogP contribution in [0.4, 0.5) is 20.6 Å². The number of rotatable bonds is 4. The van der Waals surface area contributed by atoms with Gasteiger partial charge in [0.2, 0.25) is 5.91 Å². The summed E-state index contributed by atoms with van der Waals surface area (Å²) in [5.74, 6) is -0.510. The Labute approximate surface area is 139 Å². The third-order valence-corrected chi connectivity index (χ3v) is 4.05. The van der Waals surface area contributed by atoms with Crippen molar-refractivity contribution in [3.05, 3.63) is 24.0 Å². The van der Waals surface area contributed by atoms with E-state index in [9.17, 15) is 14.0 Å². The number of hydrogen-bond donors (Lipinski definition) is 1. The van der Waals surface area contributed by atoms with Crippen molar-refractivity contribution in [1.29, 1.82) is 0 Å². The zero-order valence-electron chi connectivity index (χ0n) is 13.5. The van der Waals surface area contributed by atoms with E-state index in [4.69, 9.17) is 9.47 Å². The van der Waals surface area contributed by atoms with Gasteiger partial charge in [-0.2, -0.15) is 0 Å². The monoisotopic (exact) mass is 337 g/mol. The van der Waals surface area contributed by atoms with Gasteiger partial charge in [0.25, 0.3) is 0 Å². The molecule has 1 aromatic carbocycles. The van der Waals surface area contributed by atoms with Gasteiger partial charge in [-0.1, -0.05) is 0 Å². The normalized spacial score (nSPS) is 20.9. The van der Waals surface area contributed by atoms with Gasteiger partial charge in [-0.15, -0.1) is 0 Å². The lowest BCUT2D eigenvalue weighted by atomic mass is 10.2. The predicted molar refractivity (Wildman–Crippen MR) is 85.7 cm³/mol. The molecule has 2 fully saturated rings. The molecule has 1 aromatic rings. The number of ether oxygens (including phenoxy) is 2. The molecule has 0 saturated carbocycles. The Balaban J connectivity index is 1.74. The average Bonchev–Trinajstić information content (AvgIpc) is 2.95. The van der Waals surface area contributed by atoms with Crippen LogP contribution < -0.4 is 15.1 Å². The van der Waals surface area contributed by atoms with E-state index in [1.165, 1.54) is 17.9 Å². The topological polar surface area (TPSA) is 71.1 Å². The lowest BCUT2D eigenvalue weighted by molar-refractivity contribution is -0.119. The van der Waals surface area contributed by atoms with Crippen molar-refractivity contribution in [2.24, 2.45) is 0 Å².